The minimum absolute atomic E-state index is 0.0410. The molecule has 1 amide bonds. The number of hydrogen-bond acceptors (Lipinski definition) is 6. The Morgan fingerprint density at radius 3 is 2.57 bits per heavy atom. The van der Waals surface area contributed by atoms with Crippen molar-refractivity contribution in [1.82, 2.24) is 4.31 Å². The number of carbonyl (C=O) groups is 1. The molecule has 1 saturated heterocycles. The van der Waals surface area contributed by atoms with E-state index in [2.05, 4.69) is 5.32 Å². The van der Waals surface area contributed by atoms with Crippen LogP contribution in [-0.4, -0.2) is 58.7 Å². The molecule has 162 valence electrons. The summed E-state index contributed by atoms with van der Waals surface area (Å²) in [5.74, 6) is 0.0465. The molecule has 2 aromatic carbocycles. The van der Waals surface area contributed by atoms with Crippen LogP contribution in [0.3, 0.4) is 0 Å². The molecule has 0 atom stereocenters. The molecule has 3 rings (SSSR count). The van der Waals surface area contributed by atoms with Crippen molar-refractivity contribution in [1.29, 1.82) is 0 Å². The molecule has 0 spiro atoms. The second-order valence-corrected chi connectivity index (χ2v) is 9.07. The van der Waals surface area contributed by atoms with Crippen LogP contribution in [-0.2, 0) is 19.6 Å². The van der Waals surface area contributed by atoms with E-state index < -0.39 is 15.9 Å². The van der Waals surface area contributed by atoms with Gasteiger partial charge in [-0.15, -0.1) is 0 Å². The van der Waals surface area contributed by atoms with Gasteiger partial charge in [-0.25, -0.2) is 8.42 Å². The Kier molecular flexibility index (Phi) is 7.43. The Hall–Kier alpha value is -2.04. The summed E-state index contributed by atoms with van der Waals surface area (Å²) in [6, 6.07) is 8.92. The van der Waals surface area contributed by atoms with E-state index in [1.807, 2.05) is 0 Å². The molecule has 1 fully saturated rings. The lowest BCUT2D eigenvalue weighted by atomic mass is 10.3. The van der Waals surface area contributed by atoms with Crippen LogP contribution in [0.25, 0.3) is 0 Å². The fourth-order valence-corrected chi connectivity index (χ4v) is 4.57. The number of hydrogen-bond donors (Lipinski definition) is 1. The van der Waals surface area contributed by atoms with Crippen LogP contribution < -0.4 is 14.8 Å². The number of nitrogens with one attached hydrogen (secondary N) is 1. The van der Waals surface area contributed by atoms with Gasteiger partial charge in [0.1, 0.15) is 11.5 Å². The van der Waals surface area contributed by atoms with E-state index in [1.165, 1.54) is 35.7 Å². The summed E-state index contributed by atoms with van der Waals surface area (Å²) in [6.07, 6.45) is 0. The summed E-state index contributed by atoms with van der Waals surface area (Å²) < 4.78 is 42.9. The molecule has 0 bridgehead atoms. The van der Waals surface area contributed by atoms with Gasteiger partial charge in [0.15, 0.2) is 6.61 Å². The number of benzene rings is 2. The molecule has 11 heteroatoms. The van der Waals surface area contributed by atoms with Gasteiger partial charge in [0.25, 0.3) is 5.91 Å². The van der Waals surface area contributed by atoms with E-state index in [-0.39, 0.29) is 36.0 Å². The monoisotopic (exact) mass is 474 g/mol. The molecule has 0 saturated carbocycles. The van der Waals surface area contributed by atoms with Crippen molar-refractivity contribution in [3.05, 3.63) is 46.4 Å². The molecule has 0 unspecified atom stereocenters. The highest BCUT2D eigenvalue weighted by Crippen LogP contribution is 2.30. The maximum absolute atomic E-state index is 12.9. The first-order chi connectivity index (χ1) is 14.3. The summed E-state index contributed by atoms with van der Waals surface area (Å²) in [7, 11) is -2.31. The van der Waals surface area contributed by atoms with Gasteiger partial charge in [-0.3, -0.25) is 4.79 Å². The normalized spacial score (nSPS) is 14.9. The highest BCUT2D eigenvalue weighted by molar-refractivity contribution is 7.89. The van der Waals surface area contributed by atoms with E-state index in [9.17, 15) is 13.2 Å². The number of ether oxygens (including phenoxy) is 3. The molecule has 1 N–H and O–H groups in total. The molecule has 0 radical (unpaired) electrons. The van der Waals surface area contributed by atoms with Crippen LogP contribution in [0.1, 0.15) is 0 Å². The quantitative estimate of drug-likeness (QED) is 0.662. The molecular formula is C19H20Cl2N2O6S. The SMILES string of the molecule is COc1ccc(S(=O)(=O)N2CCOCC2)cc1NC(=O)COc1cc(Cl)ccc1Cl. The standard InChI is InChI=1S/C19H20Cl2N2O6S/c1-27-17-5-3-14(30(25,26)23-6-8-28-9-7-23)11-16(17)22-19(24)12-29-18-10-13(20)2-4-15(18)21/h2-5,10-11H,6-9,12H2,1H3,(H,22,24). The smallest absolute Gasteiger partial charge is 0.262 e. The lowest BCUT2D eigenvalue weighted by Crippen LogP contribution is -2.40. The van der Waals surface area contributed by atoms with Crippen molar-refractivity contribution in [2.45, 2.75) is 4.90 Å². The highest BCUT2D eigenvalue weighted by atomic mass is 35.5. The fraction of sp³-hybridized carbons (Fsp3) is 0.316. The molecule has 1 aliphatic rings. The van der Waals surface area contributed by atoms with Gasteiger partial charge < -0.3 is 19.5 Å². The lowest BCUT2D eigenvalue weighted by Gasteiger charge is -2.26. The Balaban J connectivity index is 1.75. The highest BCUT2D eigenvalue weighted by Gasteiger charge is 2.27. The first kappa shape index (κ1) is 22.6. The first-order valence-electron chi connectivity index (χ1n) is 8.95. The number of nitrogens with zero attached hydrogens (tertiary/aromatic N) is 1. The average molecular weight is 475 g/mol. The second kappa shape index (κ2) is 9.84. The predicted octanol–water partition coefficient (Wildman–Crippen LogP) is 3.04. The Morgan fingerprint density at radius 1 is 1.13 bits per heavy atom. The molecule has 1 heterocycles. The number of anilines is 1. The number of morpholine rings is 1. The van der Waals surface area contributed by atoms with E-state index in [0.29, 0.717) is 29.0 Å². The van der Waals surface area contributed by atoms with E-state index >= 15 is 0 Å². The Labute approximate surface area is 184 Å². The third kappa shape index (κ3) is 5.35. The minimum atomic E-state index is -3.73. The third-order valence-electron chi connectivity index (χ3n) is 4.30. The van der Waals surface area contributed by atoms with Crippen LogP contribution in [0.2, 0.25) is 10.0 Å². The Morgan fingerprint density at radius 2 is 1.87 bits per heavy atom. The predicted molar refractivity (Wildman–Crippen MR) is 113 cm³/mol. The van der Waals surface area contributed by atoms with E-state index in [0.717, 1.165) is 0 Å². The zero-order chi connectivity index (χ0) is 21.7. The van der Waals surface area contributed by atoms with E-state index in [1.54, 1.807) is 12.1 Å². The maximum Gasteiger partial charge on any atom is 0.262 e. The van der Waals surface area contributed by atoms with Crippen LogP contribution in [0, 0.1) is 0 Å². The average Bonchev–Trinajstić information content (AvgIpc) is 2.75. The van der Waals surface area contributed by atoms with Crippen molar-refractivity contribution in [2.24, 2.45) is 0 Å². The summed E-state index contributed by atoms with van der Waals surface area (Å²) in [6.45, 7) is 0.850. The summed E-state index contributed by atoms with van der Waals surface area (Å²) in [4.78, 5) is 12.4. The van der Waals surface area contributed by atoms with Crippen LogP contribution in [0.4, 0.5) is 5.69 Å². The van der Waals surface area contributed by atoms with Gasteiger partial charge >= 0.3 is 0 Å². The maximum atomic E-state index is 12.9. The molecule has 0 aromatic heterocycles. The van der Waals surface area contributed by atoms with Crippen LogP contribution in [0.15, 0.2) is 41.3 Å². The largest absolute Gasteiger partial charge is 0.495 e. The number of halogens is 2. The van der Waals surface area contributed by atoms with Crippen LogP contribution >= 0.6 is 23.2 Å². The van der Waals surface area contributed by atoms with Crippen LogP contribution in [0.5, 0.6) is 11.5 Å². The van der Waals surface area contributed by atoms with Gasteiger partial charge in [0.05, 0.1) is 35.9 Å². The summed E-state index contributed by atoms with van der Waals surface area (Å²) in [5, 5.41) is 3.33. The van der Waals surface area contributed by atoms with Gasteiger partial charge in [0, 0.05) is 24.2 Å². The van der Waals surface area contributed by atoms with Crippen molar-refractivity contribution in [3.8, 4) is 11.5 Å². The molecule has 1 aliphatic heterocycles. The third-order valence-corrected chi connectivity index (χ3v) is 6.75. The van der Waals surface area contributed by atoms with Gasteiger partial charge in [-0.2, -0.15) is 4.31 Å². The van der Waals surface area contributed by atoms with Crippen molar-refractivity contribution >= 4 is 44.8 Å². The van der Waals surface area contributed by atoms with Gasteiger partial charge in [0.2, 0.25) is 10.0 Å². The van der Waals surface area contributed by atoms with Crippen molar-refractivity contribution < 1.29 is 27.4 Å². The lowest BCUT2D eigenvalue weighted by molar-refractivity contribution is -0.118. The minimum Gasteiger partial charge on any atom is -0.495 e. The summed E-state index contributed by atoms with van der Waals surface area (Å²) in [5.41, 5.74) is 0.206. The van der Waals surface area contributed by atoms with E-state index in [4.69, 9.17) is 37.4 Å². The molecular weight excluding hydrogens is 455 g/mol. The second-order valence-electron chi connectivity index (χ2n) is 6.29. The molecule has 2 aromatic rings. The number of sulfonamides is 1. The fourth-order valence-electron chi connectivity index (χ4n) is 2.80. The van der Waals surface area contributed by atoms with Gasteiger partial charge in [-0.1, -0.05) is 23.2 Å². The molecule has 30 heavy (non-hydrogen) atoms. The number of amides is 1. The molecule has 0 aliphatic carbocycles. The van der Waals surface area contributed by atoms with Crippen molar-refractivity contribution in [3.63, 3.8) is 0 Å². The molecule has 8 nitrogen and oxygen atoms in total. The first-order valence-corrected chi connectivity index (χ1v) is 11.1. The zero-order valence-corrected chi connectivity index (χ0v) is 18.4. The zero-order valence-electron chi connectivity index (χ0n) is 16.1. The number of methoxy groups -OCH3 is 1. The number of rotatable bonds is 7. The topological polar surface area (TPSA) is 94.2 Å². The van der Waals surface area contributed by atoms with Crippen molar-refractivity contribution in [2.75, 3.05) is 45.3 Å². The van der Waals surface area contributed by atoms with Gasteiger partial charge in [-0.05, 0) is 30.3 Å². The summed E-state index contributed by atoms with van der Waals surface area (Å²) >= 11 is 11.9. The number of carbonyl (C=O) groups excluding carboxylic acids is 1. The Bertz CT molecular complexity index is 1030.